The summed E-state index contributed by atoms with van der Waals surface area (Å²) >= 11 is 0. The molecule has 12 nitrogen and oxygen atoms in total. The summed E-state index contributed by atoms with van der Waals surface area (Å²) in [5.41, 5.74) is 0.590. The predicted octanol–water partition coefficient (Wildman–Crippen LogP) is -2.36. The summed E-state index contributed by atoms with van der Waals surface area (Å²) in [5, 5.41) is 29.2. The molecular formula is C18H28N6O6. The highest BCUT2D eigenvalue weighted by molar-refractivity contribution is 5.94. The smallest absolute Gasteiger partial charge is 0.325 e. The van der Waals surface area contributed by atoms with Gasteiger partial charge in [-0.05, 0) is 33.2 Å². The van der Waals surface area contributed by atoms with E-state index in [-0.39, 0.29) is 12.3 Å². The molecule has 1 aromatic heterocycles. The molecule has 1 aromatic rings. The summed E-state index contributed by atoms with van der Waals surface area (Å²) in [6.45, 7) is 3.26. The number of H-pyrrole nitrogens is 1. The lowest BCUT2D eigenvalue weighted by Crippen LogP contribution is -2.60. The Morgan fingerprint density at radius 3 is 2.47 bits per heavy atom. The average Bonchev–Trinajstić information content (AvgIpc) is 3.38. The van der Waals surface area contributed by atoms with Crippen molar-refractivity contribution in [3.05, 3.63) is 18.2 Å². The first-order chi connectivity index (χ1) is 14.2. The van der Waals surface area contributed by atoms with Gasteiger partial charge in [-0.25, -0.2) is 4.98 Å². The fourth-order valence-electron chi connectivity index (χ4n) is 3.03. The SMILES string of the molecule is CC(NC(=O)C(NC(=O)C(Cc1cnc[nH]1)NC(=O)C1CCCN1)C(C)O)C(=O)O. The van der Waals surface area contributed by atoms with Crippen molar-refractivity contribution >= 4 is 23.7 Å². The molecule has 0 saturated carbocycles. The van der Waals surface area contributed by atoms with Gasteiger partial charge in [0.1, 0.15) is 18.1 Å². The maximum absolute atomic E-state index is 12.9. The largest absolute Gasteiger partial charge is 0.480 e. The van der Waals surface area contributed by atoms with Gasteiger partial charge in [-0.1, -0.05) is 0 Å². The molecule has 2 rings (SSSR count). The second-order valence-corrected chi connectivity index (χ2v) is 7.29. The topological polar surface area (TPSA) is 186 Å². The number of aliphatic carboxylic acids is 1. The van der Waals surface area contributed by atoms with Crippen LogP contribution in [-0.2, 0) is 25.6 Å². The monoisotopic (exact) mass is 424 g/mol. The molecule has 12 heteroatoms. The second-order valence-electron chi connectivity index (χ2n) is 7.29. The first-order valence-electron chi connectivity index (χ1n) is 9.71. The quantitative estimate of drug-likeness (QED) is 0.217. The van der Waals surface area contributed by atoms with Crippen molar-refractivity contribution in [3.8, 4) is 0 Å². The molecule has 2 heterocycles. The maximum atomic E-state index is 12.9. The van der Waals surface area contributed by atoms with Crippen LogP contribution in [0.5, 0.6) is 0 Å². The Morgan fingerprint density at radius 2 is 1.93 bits per heavy atom. The standard InChI is InChI=1S/C18H28N6O6/c1-9(18(29)30)22-17(28)14(10(2)25)24-16(27)13(6-11-7-19-8-21-11)23-15(26)12-4-3-5-20-12/h7-10,12-14,20,25H,3-6H2,1-2H3,(H,19,21)(H,22,28)(H,23,26)(H,24,27)(H,29,30). The third-order valence-corrected chi connectivity index (χ3v) is 4.78. The molecule has 0 bridgehead atoms. The van der Waals surface area contributed by atoms with Gasteiger partial charge in [-0.15, -0.1) is 0 Å². The van der Waals surface area contributed by atoms with E-state index < -0.39 is 48.1 Å². The fourth-order valence-corrected chi connectivity index (χ4v) is 3.03. The van der Waals surface area contributed by atoms with Crippen molar-refractivity contribution in [2.45, 2.75) is 63.4 Å². The summed E-state index contributed by atoms with van der Waals surface area (Å²) in [6, 6.07) is -4.05. The number of nitrogens with one attached hydrogen (secondary N) is 5. The number of rotatable bonds is 10. The number of carbonyl (C=O) groups excluding carboxylic acids is 3. The summed E-state index contributed by atoms with van der Waals surface area (Å²) in [4.78, 5) is 55.4. The summed E-state index contributed by atoms with van der Waals surface area (Å²) in [5.74, 6) is -3.14. The van der Waals surface area contributed by atoms with Crippen molar-refractivity contribution < 1.29 is 29.4 Å². The molecule has 5 atom stereocenters. The molecule has 1 fully saturated rings. The highest BCUT2D eigenvalue weighted by atomic mass is 16.4. The van der Waals surface area contributed by atoms with E-state index in [0.717, 1.165) is 6.42 Å². The molecule has 3 amide bonds. The van der Waals surface area contributed by atoms with Gasteiger partial charge < -0.3 is 36.5 Å². The van der Waals surface area contributed by atoms with Gasteiger partial charge >= 0.3 is 5.97 Å². The van der Waals surface area contributed by atoms with E-state index in [2.05, 4.69) is 31.2 Å². The predicted molar refractivity (Wildman–Crippen MR) is 104 cm³/mol. The molecule has 1 aliphatic heterocycles. The molecule has 1 aliphatic rings. The third kappa shape index (κ3) is 6.52. The van der Waals surface area contributed by atoms with Crippen LogP contribution in [0, 0.1) is 0 Å². The number of aromatic nitrogens is 2. The number of amides is 3. The summed E-state index contributed by atoms with van der Waals surface area (Å²) in [7, 11) is 0. The van der Waals surface area contributed by atoms with Gasteiger partial charge in [-0.3, -0.25) is 19.2 Å². The molecule has 1 saturated heterocycles. The number of hydrogen-bond acceptors (Lipinski definition) is 7. The first-order valence-corrected chi connectivity index (χ1v) is 9.71. The zero-order valence-electron chi connectivity index (χ0n) is 16.8. The van der Waals surface area contributed by atoms with Gasteiger partial charge in [0, 0.05) is 18.3 Å². The van der Waals surface area contributed by atoms with E-state index in [4.69, 9.17) is 5.11 Å². The molecule has 0 aliphatic carbocycles. The molecule has 5 unspecified atom stereocenters. The second kappa shape index (κ2) is 10.7. The number of nitrogens with zero attached hydrogens (tertiary/aromatic N) is 1. The Labute approximate surface area is 173 Å². The lowest BCUT2D eigenvalue weighted by atomic mass is 10.1. The zero-order valence-corrected chi connectivity index (χ0v) is 16.8. The Kier molecular flexibility index (Phi) is 8.30. The van der Waals surface area contributed by atoms with Crippen LogP contribution in [0.15, 0.2) is 12.5 Å². The van der Waals surface area contributed by atoms with Crippen molar-refractivity contribution in [2.24, 2.45) is 0 Å². The molecular weight excluding hydrogens is 396 g/mol. The first kappa shape index (κ1) is 23.3. The highest BCUT2D eigenvalue weighted by Gasteiger charge is 2.33. The Balaban J connectivity index is 2.10. The van der Waals surface area contributed by atoms with E-state index in [1.54, 1.807) is 0 Å². The number of aliphatic hydroxyl groups excluding tert-OH is 1. The number of carbonyl (C=O) groups is 4. The van der Waals surface area contributed by atoms with Crippen LogP contribution in [0.4, 0.5) is 0 Å². The van der Waals surface area contributed by atoms with Crippen LogP contribution in [0.25, 0.3) is 0 Å². The van der Waals surface area contributed by atoms with E-state index in [9.17, 15) is 24.3 Å². The van der Waals surface area contributed by atoms with Crippen molar-refractivity contribution in [3.63, 3.8) is 0 Å². The number of imidazole rings is 1. The Morgan fingerprint density at radius 1 is 1.20 bits per heavy atom. The number of hydrogen-bond donors (Lipinski definition) is 7. The van der Waals surface area contributed by atoms with Crippen LogP contribution in [-0.4, -0.2) is 80.7 Å². The molecule has 30 heavy (non-hydrogen) atoms. The number of carboxylic acids is 1. The van der Waals surface area contributed by atoms with Crippen LogP contribution in [0.1, 0.15) is 32.4 Å². The minimum Gasteiger partial charge on any atom is -0.480 e. The number of aliphatic hydroxyl groups is 1. The van der Waals surface area contributed by atoms with Gasteiger partial charge in [0.15, 0.2) is 0 Å². The van der Waals surface area contributed by atoms with Gasteiger partial charge in [0.2, 0.25) is 17.7 Å². The molecule has 0 radical (unpaired) electrons. The van der Waals surface area contributed by atoms with Gasteiger partial charge in [-0.2, -0.15) is 0 Å². The lowest BCUT2D eigenvalue weighted by molar-refractivity contribution is -0.142. The molecule has 7 N–H and O–H groups in total. The van der Waals surface area contributed by atoms with E-state index in [1.807, 2.05) is 0 Å². The summed E-state index contributed by atoms with van der Waals surface area (Å²) < 4.78 is 0. The maximum Gasteiger partial charge on any atom is 0.325 e. The van der Waals surface area contributed by atoms with Crippen LogP contribution in [0.2, 0.25) is 0 Å². The van der Waals surface area contributed by atoms with Gasteiger partial charge in [0.25, 0.3) is 0 Å². The van der Waals surface area contributed by atoms with Crippen molar-refractivity contribution in [1.29, 1.82) is 0 Å². The zero-order chi connectivity index (χ0) is 22.3. The third-order valence-electron chi connectivity index (χ3n) is 4.78. The molecule has 0 spiro atoms. The van der Waals surface area contributed by atoms with E-state index >= 15 is 0 Å². The number of carboxylic acid groups (broad SMARTS) is 1. The van der Waals surface area contributed by atoms with Gasteiger partial charge in [0.05, 0.1) is 18.5 Å². The average molecular weight is 424 g/mol. The van der Waals surface area contributed by atoms with Crippen LogP contribution in [0.3, 0.4) is 0 Å². The number of aromatic amines is 1. The minimum atomic E-state index is -1.40. The van der Waals surface area contributed by atoms with Crippen LogP contribution >= 0.6 is 0 Å². The van der Waals surface area contributed by atoms with E-state index in [0.29, 0.717) is 18.7 Å². The van der Waals surface area contributed by atoms with Crippen molar-refractivity contribution in [1.82, 2.24) is 31.2 Å². The van der Waals surface area contributed by atoms with Crippen molar-refractivity contribution in [2.75, 3.05) is 6.54 Å². The Hall–Kier alpha value is -2.99. The van der Waals surface area contributed by atoms with E-state index in [1.165, 1.54) is 26.4 Å². The van der Waals surface area contributed by atoms with Crippen LogP contribution < -0.4 is 21.3 Å². The fraction of sp³-hybridized carbons (Fsp3) is 0.611. The normalized spacial score (nSPS) is 19.9. The summed E-state index contributed by atoms with van der Waals surface area (Å²) in [6.07, 6.45) is 3.23. The molecule has 0 aromatic carbocycles. The lowest BCUT2D eigenvalue weighted by Gasteiger charge is -2.26. The molecule has 166 valence electrons. The Bertz CT molecular complexity index is 746. The minimum absolute atomic E-state index is 0.0873. The highest BCUT2D eigenvalue weighted by Crippen LogP contribution is 2.07.